The monoisotopic (exact) mass is 267 g/mol. The number of rotatable bonds is 7. The topological polar surface area (TPSA) is 21.3 Å². The lowest BCUT2D eigenvalue weighted by molar-refractivity contribution is -0.157. The first-order valence-electron chi connectivity index (χ1n) is 6.75. The Morgan fingerprint density at radius 2 is 1.89 bits per heavy atom. The van der Waals surface area contributed by atoms with Crippen LogP contribution in [0.25, 0.3) is 0 Å². The molecule has 1 saturated carbocycles. The number of hydrogen-bond donors (Lipinski definition) is 1. The third-order valence-electron chi connectivity index (χ3n) is 4.37. The molecule has 2 atom stereocenters. The minimum absolute atomic E-state index is 0.0632. The average molecular weight is 267 g/mol. The molecule has 1 fully saturated rings. The predicted molar refractivity (Wildman–Crippen MR) is 65.5 cm³/mol. The maximum atomic E-state index is 12.0. The Hall–Kier alpha value is -0.290. The Kier molecular flexibility index (Phi) is 5.46. The van der Waals surface area contributed by atoms with E-state index in [9.17, 15) is 13.2 Å². The summed E-state index contributed by atoms with van der Waals surface area (Å²) >= 11 is 0. The van der Waals surface area contributed by atoms with Crippen molar-refractivity contribution in [2.45, 2.75) is 64.3 Å². The number of hydrogen-bond acceptors (Lipinski definition) is 2. The molecule has 1 N–H and O–H groups in total. The van der Waals surface area contributed by atoms with Gasteiger partial charge < -0.3 is 10.1 Å². The van der Waals surface area contributed by atoms with E-state index < -0.39 is 12.6 Å². The van der Waals surface area contributed by atoms with Crippen LogP contribution in [0.3, 0.4) is 0 Å². The molecule has 2 nitrogen and oxygen atoms in total. The quantitative estimate of drug-likeness (QED) is 0.713. The third-order valence-corrected chi connectivity index (χ3v) is 4.37. The molecule has 0 aromatic carbocycles. The fraction of sp³-hybridized carbons (Fsp3) is 1.00. The summed E-state index contributed by atoms with van der Waals surface area (Å²) in [6.07, 6.45) is -1.74. The Labute approximate surface area is 107 Å². The van der Waals surface area contributed by atoms with E-state index in [0.717, 1.165) is 19.3 Å². The molecule has 0 spiro atoms. The van der Waals surface area contributed by atoms with Crippen molar-refractivity contribution in [2.75, 3.05) is 13.7 Å². The Balaban J connectivity index is 2.35. The van der Waals surface area contributed by atoms with Crippen LogP contribution in [0.1, 0.15) is 46.0 Å². The van der Waals surface area contributed by atoms with Gasteiger partial charge in [-0.15, -0.1) is 0 Å². The second-order valence-electron chi connectivity index (χ2n) is 5.10. The normalized spacial score (nSPS) is 27.0. The SMILES string of the molecule is CCC1(CC)C(NC)CC1OCCCC(F)(F)F. The average Bonchev–Trinajstić information content (AvgIpc) is 2.27. The standard InChI is InChI=1S/C13H24F3NO/c1-4-12(5-2)10(17-3)9-11(12)18-8-6-7-13(14,15)16/h10-11,17H,4-9H2,1-3H3. The van der Waals surface area contributed by atoms with Gasteiger partial charge in [0.05, 0.1) is 6.10 Å². The summed E-state index contributed by atoms with van der Waals surface area (Å²) in [4.78, 5) is 0. The van der Waals surface area contributed by atoms with Crippen molar-refractivity contribution in [2.24, 2.45) is 5.41 Å². The van der Waals surface area contributed by atoms with E-state index >= 15 is 0 Å². The number of alkyl halides is 3. The van der Waals surface area contributed by atoms with E-state index in [4.69, 9.17) is 4.74 Å². The van der Waals surface area contributed by atoms with E-state index in [0.29, 0.717) is 6.04 Å². The summed E-state index contributed by atoms with van der Waals surface area (Å²) in [6.45, 7) is 4.46. The fourth-order valence-corrected chi connectivity index (χ4v) is 3.08. The van der Waals surface area contributed by atoms with Crippen molar-refractivity contribution in [1.29, 1.82) is 0 Å². The number of nitrogens with one attached hydrogen (secondary N) is 1. The maximum absolute atomic E-state index is 12.0. The van der Waals surface area contributed by atoms with E-state index in [-0.39, 0.29) is 24.5 Å². The zero-order valence-electron chi connectivity index (χ0n) is 11.4. The molecule has 1 aliphatic carbocycles. The number of halogens is 3. The largest absolute Gasteiger partial charge is 0.389 e. The van der Waals surface area contributed by atoms with Crippen molar-refractivity contribution in [3.63, 3.8) is 0 Å². The first-order valence-corrected chi connectivity index (χ1v) is 6.75. The van der Waals surface area contributed by atoms with Gasteiger partial charge in [-0.3, -0.25) is 0 Å². The van der Waals surface area contributed by atoms with Gasteiger partial charge in [0.2, 0.25) is 0 Å². The van der Waals surface area contributed by atoms with Gasteiger partial charge in [-0.25, -0.2) is 0 Å². The summed E-state index contributed by atoms with van der Waals surface area (Å²) in [7, 11) is 1.94. The van der Waals surface area contributed by atoms with Crippen molar-refractivity contribution >= 4 is 0 Å². The van der Waals surface area contributed by atoms with Crippen LogP contribution in [-0.2, 0) is 4.74 Å². The Bertz CT molecular complexity index is 251. The lowest BCUT2D eigenvalue weighted by atomic mass is 9.58. The maximum Gasteiger partial charge on any atom is 0.389 e. The minimum Gasteiger partial charge on any atom is -0.378 e. The van der Waals surface area contributed by atoms with Gasteiger partial charge in [-0.2, -0.15) is 13.2 Å². The van der Waals surface area contributed by atoms with Gasteiger partial charge in [-0.05, 0) is 32.7 Å². The molecule has 1 aliphatic rings. The lowest BCUT2D eigenvalue weighted by Gasteiger charge is -2.55. The molecule has 0 heterocycles. The number of ether oxygens (including phenoxy) is 1. The smallest absolute Gasteiger partial charge is 0.378 e. The van der Waals surface area contributed by atoms with Crippen LogP contribution in [-0.4, -0.2) is 32.0 Å². The molecule has 1 rings (SSSR count). The summed E-state index contributed by atoms with van der Waals surface area (Å²) < 4.78 is 41.7. The highest BCUT2D eigenvalue weighted by Gasteiger charge is 2.52. The van der Waals surface area contributed by atoms with Gasteiger partial charge in [0.1, 0.15) is 0 Å². The van der Waals surface area contributed by atoms with Crippen LogP contribution < -0.4 is 5.32 Å². The Morgan fingerprint density at radius 1 is 1.28 bits per heavy atom. The van der Waals surface area contributed by atoms with Gasteiger partial charge >= 0.3 is 6.18 Å². The van der Waals surface area contributed by atoms with E-state index in [1.807, 2.05) is 7.05 Å². The predicted octanol–water partition coefficient (Wildman–Crippen LogP) is 3.51. The zero-order valence-corrected chi connectivity index (χ0v) is 11.4. The Morgan fingerprint density at radius 3 is 2.33 bits per heavy atom. The molecule has 0 aromatic heterocycles. The first-order chi connectivity index (χ1) is 8.39. The van der Waals surface area contributed by atoms with Gasteiger partial charge in [0, 0.05) is 24.5 Å². The fourth-order valence-electron chi connectivity index (χ4n) is 3.08. The van der Waals surface area contributed by atoms with E-state index in [2.05, 4.69) is 19.2 Å². The third kappa shape index (κ3) is 3.38. The molecule has 0 aliphatic heterocycles. The van der Waals surface area contributed by atoms with Crippen LogP contribution >= 0.6 is 0 Å². The molecule has 0 amide bonds. The second kappa shape index (κ2) is 6.24. The van der Waals surface area contributed by atoms with Crippen molar-refractivity contribution in [3.8, 4) is 0 Å². The summed E-state index contributed by atoms with van der Waals surface area (Å²) in [6, 6.07) is 0.431. The van der Waals surface area contributed by atoms with E-state index in [1.54, 1.807) is 0 Å². The molecule has 2 unspecified atom stereocenters. The first kappa shape index (κ1) is 15.8. The zero-order chi connectivity index (χ0) is 13.8. The summed E-state index contributed by atoms with van der Waals surface area (Å²) in [5, 5.41) is 3.28. The minimum atomic E-state index is -4.07. The highest BCUT2D eigenvalue weighted by Crippen LogP contribution is 2.48. The van der Waals surface area contributed by atoms with Crippen LogP contribution in [0.4, 0.5) is 13.2 Å². The second-order valence-corrected chi connectivity index (χ2v) is 5.10. The molecule has 0 aromatic rings. The lowest BCUT2D eigenvalue weighted by Crippen LogP contribution is -2.62. The van der Waals surface area contributed by atoms with Crippen molar-refractivity contribution < 1.29 is 17.9 Å². The molecule has 0 saturated heterocycles. The molecular formula is C13H24F3NO. The molecule has 18 heavy (non-hydrogen) atoms. The molecule has 0 bridgehead atoms. The van der Waals surface area contributed by atoms with Gasteiger partial charge in [-0.1, -0.05) is 13.8 Å². The van der Waals surface area contributed by atoms with Crippen molar-refractivity contribution in [1.82, 2.24) is 5.32 Å². The van der Waals surface area contributed by atoms with Gasteiger partial charge in [0.15, 0.2) is 0 Å². The molecule has 5 heteroatoms. The van der Waals surface area contributed by atoms with Gasteiger partial charge in [0.25, 0.3) is 0 Å². The molecular weight excluding hydrogens is 243 g/mol. The van der Waals surface area contributed by atoms with Crippen LogP contribution in [0.5, 0.6) is 0 Å². The van der Waals surface area contributed by atoms with Crippen LogP contribution in [0.2, 0.25) is 0 Å². The van der Waals surface area contributed by atoms with Crippen LogP contribution in [0.15, 0.2) is 0 Å². The van der Waals surface area contributed by atoms with Crippen LogP contribution in [0, 0.1) is 5.41 Å². The highest BCUT2D eigenvalue weighted by molar-refractivity contribution is 5.06. The summed E-state index contributed by atoms with van der Waals surface area (Å²) in [5.74, 6) is 0. The highest BCUT2D eigenvalue weighted by atomic mass is 19.4. The summed E-state index contributed by atoms with van der Waals surface area (Å²) in [5.41, 5.74) is 0.104. The molecule has 108 valence electrons. The van der Waals surface area contributed by atoms with E-state index in [1.165, 1.54) is 0 Å². The van der Waals surface area contributed by atoms with Crippen molar-refractivity contribution in [3.05, 3.63) is 0 Å². The molecule has 0 radical (unpaired) electrons.